The highest BCUT2D eigenvalue weighted by Crippen LogP contribution is 2.66. The van der Waals surface area contributed by atoms with Gasteiger partial charge in [0.05, 0.1) is 70.2 Å². The summed E-state index contributed by atoms with van der Waals surface area (Å²) in [6, 6.07) is 12.9. The average molecular weight is 1550 g/mol. The van der Waals surface area contributed by atoms with Crippen LogP contribution < -0.4 is 26.9 Å². The molecule has 6 rings (SSSR count). The van der Waals surface area contributed by atoms with E-state index in [1.54, 1.807) is 22.9 Å². The lowest BCUT2D eigenvalue weighted by Crippen LogP contribution is -2.76. The highest BCUT2D eigenvalue weighted by molar-refractivity contribution is 8.77. The number of carboxylic acid groups (broad SMARTS) is 1. The number of aryl methyl sites for hydroxylation is 3. The number of aromatic amines is 1. The van der Waals surface area contributed by atoms with Crippen molar-refractivity contribution in [2.45, 2.75) is 149 Å². The van der Waals surface area contributed by atoms with Gasteiger partial charge in [-0.05, 0) is 131 Å². The van der Waals surface area contributed by atoms with Crippen LogP contribution >= 0.6 is 45.1 Å². The number of ketones is 1. The van der Waals surface area contributed by atoms with E-state index < -0.39 is 87.2 Å². The van der Waals surface area contributed by atoms with E-state index in [2.05, 4.69) is 87.2 Å². The summed E-state index contributed by atoms with van der Waals surface area (Å²) < 4.78 is 92.8. The lowest BCUT2D eigenvalue weighted by molar-refractivity contribution is -0.496. The molecule has 2 aromatic carbocycles. The van der Waals surface area contributed by atoms with Gasteiger partial charge in [0.2, 0.25) is 5.36 Å². The van der Waals surface area contributed by atoms with Gasteiger partial charge in [-0.25, -0.2) is 33.1 Å². The number of aromatic carboxylic acids is 1. The molecule has 560 valence electrons. The number of unbranched alkanes of at least 4 members (excludes halogenated alkanes) is 1. The third-order valence-electron chi connectivity index (χ3n) is 14.9. The lowest BCUT2D eigenvalue weighted by atomic mass is 9.87. The zero-order valence-electron chi connectivity index (χ0n) is 57.9. The number of fused-ring (bicyclic) bond motifs is 2. The van der Waals surface area contributed by atoms with Gasteiger partial charge in [0.1, 0.15) is 41.7 Å². The van der Waals surface area contributed by atoms with Gasteiger partial charge in [0.25, 0.3) is 5.56 Å². The number of benzene rings is 3. The Labute approximate surface area is 601 Å². The number of rotatable bonds is 41. The summed E-state index contributed by atoms with van der Waals surface area (Å²) in [5.74, 6) is 5.55. The lowest BCUT2D eigenvalue weighted by Gasteiger charge is -2.22. The normalized spacial score (nSPS) is 16.4. The Morgan fingerprint density at radius 3 is 2.28 bits per heavy atom. The zero-order chi connectivity index (χ0) is 74.5. The van der Waals surface area contributed by atoms with E-state index >= 15 is 0 Å². The number of hydrogen-bond acceptors (Lipinski definition) is 23. The number of hydrogen-bond donors (Lipinski definition) is 8. The third-order valence-corrected chi connectivity index (χ3v) is 23.8. The Morgan fingerprint density at radius 1 is 0.871 bits per heavy atom. The van der Waals surface area contributed by atoms with Crippen LogP contribution in [0.3, 0.4) is 0 Å². The Kier molecular flexibility index (Phi) is 36.5. The molecule has 3 heterocycles. The molecule has 0 radical (unpaired) electrons. The van der Waals surface area contributed by atoms with Crippen molar-refractivity contribution in [3.63, 3.8) is 0 Å². The fourth-order valence-electron chi connectivity index (χ4n) is 10.2. The smallest absolute Gasteiger partial charge is 0.478 e. The number of alkyl carbamates (subject to hydrolysis) is 1. The van der Waals surface area contributed by atoms with E-state index in [1.165, 1.54) is 18.7 Å². The Morgan fingerprint density at radius 2 is 1.59 bits per heavy atom. The molecule has 0 saturated carbocycles. The summed E-state index contributed by atoms with van der Waals surface area (Å²) in [4.78, 5) is 117. The maximum atomic E-state index is 13.4. The second-order valence-electron chi connectivity index (χ2n) is 23.4. The van der Waals surface area contributed by atoms with Crippen LogP contribution in [0, 0.1) is 25.7 Å². The number of phosphoric ester groups is 1. The molecule has 3 unspecified atom stereocenters. The molecule has 1 saturated heterocycles. The Bertz CT molecular complexity index is 4020. The van der Waals surface area contributed by atoms with Gasteiger partial charge in [-0.1, -0.05) is 82.6 Å². The third kappa shape index (κ3) is 29.7. The molecule has 6 atom stereocenters. The number of carbonyl (C=O) groups is 4. The molecule has 1 amide bonds. The Balaban J connectivity index is 0.000000367. The average Bonchev–Trinajstić information content (AvgIpc) is 1.24. The highest BCUT2D eigenvalue weighted by Gasteiger charge is 2.44. The quantitative estimate of drug-likeness (QED) is 0.00265. The molecule has 3 aromatic rings. The first-order valence-electron chi connectivity index (χ1n) is 32.6. The second-order valence-corrected chi connectivity index (χ2v) is 33.9. The van der Waals surface area contributed by atoms with Gasteiger partial charge in [-0.3, -0.25) is 28.5 Å². The summed E-state index contributed by atoms with van der Waals surface area (Å²) in [6.07, 6.45) is 3.55. The van der Waals surface area contributed by atoms with Gasteiger partial charge in [-0.15, -0.1) is 0 Å². The Hall–Kier alpha value is -5.27. The number of carboxylic acids is 1. The van der Waals surface area contributed by atoms with E-state index in [9.17, 15) is 57.4 Å². The summed E-state index contributed by atoms with van der Waals surface area (Å²) in [7, 11) is -12.7. The van der Waals surface area contributed by atoms with Gasteiger partial charge in [-0.2, -0.15) is 8.62 Å². The summed E-state index contributed by atoms with van der Waals surface area (Å²) in [5.41, 5.74) is 4.67. The number of Topliss-reactive ketones (excluding diaryl/α,β-unsaturated/α-hetero) is 1. The van der Waals surface area contributed by atoms with Crippen LogP contribution in [0.15, 0.2) is 62.7 Å². The highest BCUT2D eigenvalue weighted by atomic mass is 33.1. The van der Waals surface area contributed by atoms with Crippen molar-refractivity contribution in [3.05, 3.63) is 108 Å². The maximum absolute atomic E-state index is 13.4. The fraction of sp³-hybridized carbons (Fsp3) is 0.554. The van der Waals surface area contributed by atoms with Crippen LogP contribution in [0.25, 0.3) is 33.4 Å². The molecule has 3 aliphatic rings. The van der Waals surface area contributed by atoms with Crippen molar-refractivity contribution < 1.29 is 113 Å². The predicted molar refractivity (Wildman–Crippen MR) is 385 cm³/mol. The van der Waals surface area contributed by atoms with Crippen molar-refractivity contribution in [2.75, 3.05) is 84.1 Å². The van der Waals surface area contributed by atoms with Crippen LogP contribution in [-0.2, 0) is 91.9 Å². The topological polar surface area (TPSA) is 407 Å². The van der Waals surface area contributed by atoms with E-state index in [-0.39, 0.29) is 59.9 Å². The molecular formula is C65H92N4O25P3S4+. The number of nitrogens with one attached hydrogen (secondary N) is 3. The molecule has 101 heavy (non-hydrogen) atoms. The van der Waals surface area contributed by atoms with Crippen LogP contribution in [-0.4, -0.2) is 159 Å². The molecule has 1 aliphatic carbocycles. The summed E-state index contributed by atoms with van der Waals surface area (Å²) >= 11 is 5.29. The summed E-state index contributed by atoms with van der Waals surface area (Å²) in [5, 5.41) is 14.6. The van der Waals surface area contributed by atoms with Crippen LogP contribution in [0.4, 0.5) is 4.79 Å². The molecule has 36 heteroatoms. The molecule has 1 fully saturated rings. The maximum Gasteiger partial charge on any atom is 0.490 e. The largest absolute Gasteiger partial charge is 0.490 e. The number of ether oxygens (including phenoxy) is 7. The van der Waals surface area contributed by atoms with E-state index in [0.717, 1.165) is 82.4 Å². The van der Waals surface area contributed by atoms with Crippen molar-refractivity contribution in [2.24, 2.45) is 0 Å². The number of carbonyl (C=O) groups excluding carboxylic acids is 3. The van der Waals surface area contributed by atoms with Gasteiger partial charge < -0.3 is 67.6 Å². The molecule has 0 spiro atoms. The first-order valence-corrected chi connectivity index (χ1v) is 41.9. The molecule has 8 N–H and O–H groups in total. The molecular weight excluding hydrogens is 1460 g/mol. The second kappa shape index (κ2) is 42.6. The first kappa shape index (κ1) is 86.4. The number of nitrogens with zero attached hydrogens (tertiary/aromatic N) is 1. The molecule has 1 aromatic heterocycles. The monoisotopic (exact) mass is 1550 g/mol. The number of methoxy groups -OCH3 is 1. The predicted octanol–water partition coefficient (Wildman–Crippen LogP) is 8.82. The number of amides is 1. The molecule has 29 nitrogen and oxygen atoms in total. The number of H-pyrrole nitrogens is 1. The van der Waals surface area contributed by atoms with Crippen molar-refractivity contribution in [1.29, 1.82) is 0 Å². The van der Waals surface area contributed by atoms with Crippen LogP contribution in [0.5, 0.6) is 0 Å². The number of esters is 1. The zero-order valence-corrected chi connectivity index (χ0v) is 63.9. The first-order chi connectivity index (χ1) is 47.8. The number of phosphoric acid groups is 3. The fourth-order valence-corrected chi connectivity index (χ4v) is 16.3. The standard InChI is InChI=1S/C37H44N2O8.C28H47N2O17P3S4/c1-6-9-25-21-33-29(18-23(25)3)35(30-19-24(4)31(38-7-2)22-34(30)47-33)28-20-26(11-12-27(28)36(41)42)32(40)10-8-14-45-16-17-46-15-13-39-37(43)44-5;1-5-13-28(3,4)53-52-19-41-14-9-10-15-42-25(31)12-8-7-11-21-17-30(27(33)29-26(21)32)24-16-22(43-20-54(51)6-2)23(45-24)18-44-49(37,38)47-50(39,40)46-48(34,35)36/h11-12,18-22H,6-10,13-17H2,1-5H3,(H,39,43)(H,41,42);17,22-24H,5-6,8-10,12-16,18-20H2,1-4H3,(H,37,38)(H,39,40)(H,29,32,33)(H2,34,35,36)/p+1/t;22-,23+,24+,54?/m.0/s1. The van der Waals surface area contributed by atoms with Crippen LogP contribution in [0.1, 0.15) is 155 Å². The minimum absolute atomic E-state index is 0.0350. The van der Waals surface area contributed by atoms with Crippen molar-refractivity contribution in [3.8, 4) is 34.3 Å². The van der Waals surface area contributed by atoms with Crippen LogP contribution in [0.2, 0.25) is 0 Å². The van der Waals surface area contributed by atoms with Gasteiger partial charge in [0.15, 0.2) is 5.78 Å². The number of aromatic nitrogens is 2. The van der Waals surface area contributed by atoms with Crippen molar-refractivity contribution in [1.82, 2.24) is 14.9 Å². The van der Waals surface area contributed by atoms with Crippen molar-refractivity contribution >= 4 is 100 Å². The van der Waals surface area contributed by atoms with Gasteiger partial charge in [0, 0.05) is 77.6 Å². The van der Waals surface area contributed by atoms with E-state index in [4.69, 9.17) is 58.3 Å². The van der Waals surface area contributed by atoms with E-state index in [1.807, 2.05) is 43.7 Å². The minimum Gasteiger partial charge on any atom is -0.478 e. The summed E-state index contributed by atoms with van der Waals surface area (Å²) in [6.45, 7) is 19.1. The molecule has 0 bridgehead atoms. The van der Waals surface area contributed by atoms with Gasteiger partial charge >= 0.3 is 47.2 Å². The SMILES string of the molecule is CCCC(C)(C)SSCOCCCCOC(=O)CCC#Cc1cn([C@H]2C[C@H](OCS(=S)CC)[C@@H](COP(=O)(O)OP(=O)(O)OP(=O)(O)O)O2)c(=O)[nH]c1=O.CCCc1cc2oc3cc(=[NH+]CC)c(C)cc-3c(-c3cc(C(=O)CCCOCCOCCNC(=O)OC)ccc3C(=O)O)c2cc1C. The molecule has 2 aliphatic heterocycles. The minimum atomic E-state index is -5.76. The van der Waals surface area contributed by atoms with E-state index in [0.29, 0.717) is 86.6 Å².